The lowest BCUT2D eigenvalue weighted by molar-refractivity contribution is -0.145. The van der Waals surface area contributed by atoms with Crippen LogP contribution in [0.5, 0.6) is 0 Å². The third-order valence-electron chi connectivity index (χ3n) is 2.97. The second-order valence-corrected chi connectivity index (χ2v) is 3.57. The summed E-state index contributed by atoms with van der Waals surface area (Å²) in [6, 6.07) is 0. The summed E-state index contributed by atoms with van der Waals surface area (Å²) in [5.74, 6) is 1.41. The summed E-state index contributed by atoms with van der Waals surface area (Å²) in [5.41, 5.74) is 0. The van der Waals surface area contributed by atoms with Crippen LogP contribution in [0.4, 0.5) is 0 Å². The maximum absolute atomic E-state index is 11.2. The van der Waals surface area contributed by atoms with E-state index in [0.29, 0.717) is 11.8 Å². The molecule has 2 fully saturated rings. The van der Waals surface area contributed by atoms with Gasteiger partial charge in [0.05, 0.1) is 13.0 Å². The molecular weight excluding hydrogens is 140 g/mol. The molecule has 3 atom stereocenters. The summed E-state index contributed by atoms with van der Waals surface area (Å²) >= 11 is 0. The van der Waals surface area contributed by atoms with Crippen LogP contribution in [-0.2, 0) is 9.53 Å². The summed E-state index contributed by atoms with van der Waals surface area (Å²) in [6.07, 6.45) is 5.92. The number of esters is 1. The van der Waals surface area contributed by atoms with Gasteiger partial charge in [-0.3, -0.25) is 4.79 Å². The van der Waals surface area contributed by atoms with Crippen molar-refractivity contribution in [2.45, 2.75) is 19.3 Å². The van der Waals surface area contributed by atoms with Gasteiger partial charge in [0.25, 0.3) is 0 Å². The fourth-order valence-corrected chi connectivity index (χ4v) is 2.41. The summed E-state index contributed by atoms with van der Waals surface area (Å²) < 4.78 is 4.72. The minimum absolute atomic E-state index is 0.0304. The third-order valence-corrected chi connectivity index (χ3v) is 2.97. The van der Waals surface area contributed by atoms with Gasteiger partial charge in [0.1, 0.15) is 0 Å². The van der Waals surface area contributed by atoms with Crippen LogP contribution in [0.25, 0.3) is 0 Å². The van der Waals surface area contributed by atoms with E-state index >= 15 is 0 Å². The van der Waals surface area contributed by atoms with Crippen molar-refractivity contribution in [3.05, 3.63) is 6.42 Å². The standard InChI is InChI=1S/C9H13O2/c1-11-9(10)8-5-6-2-3-7(8)4-6/h5-8H,2-4H2,1H3. The van der Waals surface area contributed by atoms with Crippen molar-refractivity contribution in [1.29, 1.82) is 0 Å². The Bertz CT molecular complexity index is 176. The zero-order chi connectivity index (χ0) is 7.84. The number of hydrogen-bond donors (Lipinski definition) is 0. The Hall–Kier alpha value is -0.530. The van der Waals surface area contributed by atoms with E-state index in [-0.39, 0.29) is 11.9 Å². The largest absolute Gasteiger partial charge is 0.469 e. The molecule has 0 aromatic rings. The number of carbonyl (C=O) groups is 1. The molecule has 3 unspecified atom stereocenters. The lowest BCUT2D eigenvalue weighted by Gasteiger charge is -2.18. The zero-order valence-corrected chi connectivity index (χ0v) is 6.75. The highest BCUT2D eigenvalue weighted by Crippen LogP contribution is 2.47. The lowest BCUT2D eigenvalue weighted by Crippen LogP contribution is -2.22. The van der Waals surface area contributed by atoms with Crippen molar-refractivity contribution in [3.8, 4) is 0 Å². The van der Waals surface area contributed by atoms with Gasteiger partial charge in [-0.2, -0.15) is 0 Å². The maximum Gasteiger partial charge on any atom is 0.309 e. The lowest BCUT2D eigenvalue weighted by atomic mass is 9.89. The van der Waals surface area contributed by atoms with Crippen LogP contribution in [0.2, 0.25) is 0 Å². The van der Waals surface area contributed by atoms with Crippen molar-refractivity contribution in [3.63, 3.8) is 0 Å². The highest BCUT2D eigenvalue weighted by Gasteiger charge is 2.43. The fraction of sp³-hybridized carbons (Fsp3) is 0.778. The molecule has 0 N–H and O–H groups in total. The van der Waals surface area contributed by atoms with E-state index in [2.05, 4.69) is 6.42 Å². The Morgan fingerprint density at radius 1 is 1.55 bits per heavy atom. The van der Waals surface area contributed by atoms with Gasteiger partial charge >= 0.3 is 5.97 Å². The first-order valence-electron chi connectivity index (χ1n) is 4.24. The second-order valence-electron chi connectivity index (χ2n) is 3.57. The Kier molecular flexibility index (Phi) is 1.63. The van der Waals surface area contributed by atoms with Crippen LogP contribution in [-0.4, -0.2) is 13.1 Å². The molecule has 2 aliphatic rings. The number of ether oxygens (including phenoxy) is 1. The van der Waals surface area contributed by atoms with Gasteiger partial charge in [0, 0.05) is 0 Å². The van der Waals surface area contributed by atoms with Crippen LogP contribution >= 0.6 is 0 Å². The maximum atomic E-state index is 11.2. The minimum atomic E-state index is -0.0304. The SMILES string of the molecule is COC(=O)C1[CH]C2CCC1C2. The molecule has 0 aromatic heterocycles. The molecule has 0 aromatic carbocycles. The first-order chi connectivity index (χ1) is 5.31. The first-order valence-corrected chi connectivity index (χ1v) is 4.24. The molecule has 1 radical (unpaired) electrons. The average Bonchev–Trinajstić information content (AvgIpc) is 2.62. The van der Waals surface area contributed by atoms with E-state index < -0.39 is 0 Å². The van der Waals surface area contributed by atoms with E-state index in [0.717, 1.165) is 0 Å². The van der Waals surface area contributed by atoms with E-state index in [9.17, 15) is 4.79 Å². The number of methoxy groups -OCH3 is 1. The molecule has 11 heavy (non-hydrogen) atoms. The van der Waals surface area contributed by atoms with E-state index in [4.69, 9.17) is 4.74 Å². The number of rotatable bonds is 1. The first kappa shape index (κ1) is 7.14. The van der Waals surface area contributed by atoms with Gasteiger partial charge in [-0.25, -0.2) is 0 Å². The number of hydrogen-bond acceptors (Lipinski definition) is 2. The molecule has 0 heterocycles. The Morgan fingerprint density at radius 2 is 2.36 bits per heavy atom. The predicted octanol–water partition coefficient (Wildman–Crippen LogP) is 1.41. The van der Waals surface area contributed by atoms with Crippen molar-refractivity contribution in [1.82, 2.24) is 0 Å². The quantitative estimate of drug-likeness (QED) is 0.532. The summed E-state index contributed by atoms with van der Waals surface area (Å²) in [5, 5.41) is 0. The van der Waals surface area contributed by atoms with E-state index in [1.807, 2.05) is 0 Å². The molecule has 2 rings (SSSR count). The zero-order valence-electron chi connectivity index (χ0n) is 6.75. The fourth-order valence-electron chi connectivity index (χ4n) is 2.41. The molecule has 2 heteroatoms. The molecule has 0 saturated heterocycles. The Balaban J connectivity index is 2.02. The highest BCUT2D eigenvalue weighted by atomic mass is 16.5. The van der Waals surface area contributed by atoms with E-state index in [1.54, 1.807) is 0 Å². The van der Waals surface area contributed by atoms with Crippen molar-refractivity contribution >= 4 is 5.97 Å². The van der Waals surface area contributed by atoms with Gasteiger partial charge in [0.2, 0.25) is 0 Å². The molecule has 2 bridgehead atoms. The second kappa shape index (κ2) is 2.50. The van der Waals surface area contributed by atoms with E-state index in [1.165, 1.54) is 26.4 Å². The van der Waals surface area contributed by atoms with Crippen LogP contribution < -0.4 is 0 Å². The minimum Gasteiger partial charge on any atom is -0.469 e. The molecule has 2 aliphatic carbocycles. The third kappa shape index (κ3) is 1.05. The monoisotopic (exact) mass is 153 g/mol. The van der Waals surface area contributed by atoms with Crippen molar-refractivity contribution in [2.75, 3.05) is 7.11 Å². The Labute approximate surface area is 66.9 Å². The smallest absolute Gasteiger partial charge is 0.309 e. The summed E-state index contributed by atoms with van der Waals surface area (Å²) in [4.78, 5) is 11.2. The molecule has 2 nitrogen and oxygen atoms in total. The Morgan fingerprint density at radius 3 is 2.82 bits per heavy atom. The normalized spacial score (nSPS) is 41.0. The number of carbonyl (C=O) groups excluding carboxylic acids is 1. The molecule has 2 saturated carbocycles. The van der Waals surface area contributed by atoms with Crippen molar-refractivity contribution in [2.24, 2.45) is 17.8 Å². The van der Waals surface area contributed by atoms with Gasteiger partial charge in [-0.1, -0.05) is 0 Å². The van der Waals surface area contributed by atoms with Crippen LogP contribution in [0, 0.1) is 24.2 Å². The average molecular weight is 153 g/mol. The van der Waals surface area contributed by atoms with Crippen molar-refractivity contribution < 1.29 is 9.53 Å². The molecule has 0 spiro atoms. The summed E-state index contributed by atoms with van der Waals surface area (Å²) in [7, 11) is 1.47. The number of fused-ring (bicyclic) bond motifs is 2. The van der Waals surface area contributed by atoms with Gasteiger partial charge in [-0.15, -0.1) is 0 Å². The highest BCUT2D eigenvalue weighted by molar-refractivity contribution is 5.75. The van der Waals surface area contributed by atoms with Crippen LogP contribution in [0.1, 0.15) is 19.3 Å². The topological polar surface area (TPSA) is 26.3 Å². The van der Waals surface area contributed by atoms with Crippen LogP contribution in [0.3, 0.4) is 0 Å². The molecule has 0 amide bonds. The van der Waals surface area contributed by atoms with Gasteiger partial charge in [-0.05, 0) is 37.5 Å². The van der Waals surface area contributed by atoms with Gasteiger partial charge in [0.15, 0.2) is 0 Å². The predicted molar refractivity (Wildman–Crippen MR) is 40.6 cm³/mol. The molecule has 0 aliphatic heterocycles. The summed E-state index contributed by atoms with van der Waals surface area (Å²) in [6.45, 7) is 0. The van der Waals surface area contributed by atoms with Crippen LogP contribution in [0.15, 0.2) is 0 Å². The van der Waals surface area contributed by atoms with Gasteiger partial charge < -0.3 is 4.74 Å². The molecule has 61 valence electrons. The molecular formula is C9H13O2.